The third-order valence-electron chi connectivity index (χ3n) is 4.11. The molecular weight excluding hydrogens is 464 g/mol. The van der Waals surface area contributed by atoms with E-state index in [9.17, 15) is 17.6 Å². The number of nitrogens with one attached hydrogen (secondary N) is 1. The van der Waals surface area contributed by atoms with Crippen LogP contribution in [0.15, 0.2) is 82.8 Å². The van der Waals surface area contributed by atoms with Crippen molar-refractivity contribution in [3.63, 3.8) is 0 Å². The van der Waals surface area contributed by atoms with Gasteiger partial charge in [-0.1, -0.05) is 59.6 Å². The molecule has 0 radical (unpaired) electrons. The Morgan fingerprint density at radius 2 is 1.68 bits per heavy atom. The van der Waals surface area contributed by atoms with Crippen LogP contribution < -0.4 is 9.73 Å². The summed E-state index contributed by atoms with van der Waals surface area (Å²) in [4.78, 5) is 12.4. The third-order valence-corrected chi connectivity index (χ3v) is 6.63. The summed E-state index contributed by atoms with van der Waals surface area (Å²) < 4.78 is 40.9. The molecule has 0 unspecified atom stereocenters. The molecule has 0 aliphatic carbocycles. The lowest BCUT2D eigenvalue weighted by Gasteiger charge is -2.24. The molecule has 160 valence electrons. The second kappa shape index (κ2) is 9.91. The fourth-order valence-electron chi connectivity index (χ4n) is 2.59. The van der Waals surface area contributed by atoms with Crippen LogP contribution in [0.3, 0.4) is 0 Å². The van der Waals surface area contributed by atoms with E-state index in [1.165, 1.54) is 48.5 Å². The van der Waals surface area contributed by atoms with Gasteiger partial charge in [-0.05, 0) is 36.4 Å². The molecule has 0 aliphatic rings. The number of carbonyl (C=O) groups is 1. The lowest BCUT2D eigenvalue weighted by molar-refractivity contribution is -0.119. The number of rotatable bonds is 7. The fraction of sp³-hybridized carbons (Fsp3) is 0.0476. The zero-order valence-electron chi connectivity index (χ0n) is 15.9. The van der Waals surface area contributed by atoms with E-state index in [2.05, 4.69) is 10.5 Å². The van der Waals surface area contributed by atoms with Crippen molar-refractivity contribution in [1.82, 2.24) is 5.43 Å². The Morgan fingerprint density at radius 1 is 1.00 bits per heavy atom. The first-order valence-corrected chi connectivity index (χ1v) is 11.1. The minimum absolute atomic E-state index is 0.0104. The van der Waals surface area contributed by atoms with Gasteiger partial charge in [0.2, 0.25) is 0 Å². The number of anilines is 1. The number of amides is 1. The van der Waals surface area contributed by atoms with E-state index in [-0.39, 0.29) is 26.2 Å². The van der Waals surface area contributed by atoms with E-state index in [1.807, 2.05) is 0 Å². The van der Waals surface area contributed by atoms with E-state index >= 15 is 0 Å². The topological polar surface area (TPSA) is 78.8 Å². The highest BCUT2D eigenvalue weighted by atomic mass is 35.5. The molecular formula is C21H16Cl2FN3O3S. The SMILES string of the molecule is O=C(CN(c1ccc(Cl)c(Cl)c1)S(=O)(=O)c1ccccc1)N/N=C\c1ccccc1F. The summed E-state index contributed by atoms with van der Waals surface area (Å²) in [7, 11) is -4.10. The van der Waals surface area contributed by atoms with Crippen molar-refractivity contribution >= 4 is 51.0 Å². The van der Waals surface area contributed by atoms with E-state index in [1.54, 1.807) is 24.3 Å². The maximum atomic E-state index is 13.6. The molecule has 0 saturated carbocycles. The van der Waals surface area contributed by atoms with Crippen LogP contribution in [0.25, 0.3) is 0 Å². The number of carbonyl (C=O) groups excluding carboxylic acids is 1. The maximum absolute atomic E-state index is 13.6. The van der Waals surface area contributed by atoms with Crippen LogP contribution in [0.4, 0.5) is 10.1 Å². The Kier molecular flexibility index (Phi) is 7.27. The van der Waals surface area contributed by atoms with Crippen LogP contribution >= 0.6 is 23.2 Å². The first kappa shape index (κ1) is 22.7. The quantitative estimate of drug-likeness (QED) is 0.400. The van der Waals surface area contributed by atoms with Gasteiger partial charge in [0.1, 0.15) is 12.4 Å². The zero-order valence-corrected chi connectivity index (χ0v) is 18.2. The summed E-state index contributed by atoms with van der Waals surface area (Å²) in [5.41, 5.74) is 2.52. The summed E-state index contributed by atoms with van der Waals surface area (Å²) in [6.07, 6.45) is 1.13. The average molecular weight is 480 g/mol. The Labute approximate surface area is 189 Å². The largest absolute Gasteiger partial charge is 0.271 e. The zero-order chi connectivity index (χ0) is 22.4. The van der Waals surface area contributed by atoms with Crippen LogP contribution in [0, 0.1) is 5.82 Å². The molecule has 0 aromatic heterocycles. The average Bonchev–Trinajstić information content (AvgIpc) is 2.76. The Morgan fingerprint density at radius 3 is 2.35 bits per heavy atom. The Bertz CT molecular complexity index is 1220. The summed E-state index contributed by atoms with van der Waals surface area (Å²) in [5.74, 6) is -1.25. The van der Waals surface area contributed by atoms with Crippen LogP contribution in [-0.4, -0.2) is 27.1 Å². The molecule has 0 spiro atoms. The summed E-state index contributed by atoms with van der Waals surface area (Å²) in [6.45, 7) is -0.593. The van der Waals surface area contributed by atoms with Gasteiger partial charge >= 0.3 is 0 Å². The Balaban J connectivity index is 1.87. The number of benzene rings is 3. The van der Waals surface area contributed by atoms with Crippen molar-refractivity contribution in [3.8, 4) is 0 Å². The van der Waals surface area contributed by atoms with Crippen molar-refractivity contribution in [3.05, 3.63) is 94.2 Å². The van der Waals surface area contributed by atoms with E-state index < -0.39 is 28.3 Å². The highest BCUT2D eigenvalue weighted by Gasteiger charge is 2.27. The molecule has 0 heterocycles. The fourth-order valence-corrected chi connectivity index (χ4v) is 4.32. The maximum Gasteiger partial charge on any atom is 0.264 e. The molecule has 0 atom stereocenters. The third kappa shape index (κ3) is 5.61. The van der Waals surface area contributed by atoms with Gasteiger partial charge in [-0.2, -0.15) is 5.10 Å². The smallest absolute Gasteiger partial charge is 0.264 e. The number of hydrazone groups is 1. The summed E-state index contributed by atoms with van der Waals surface area (Å²) in [6, 6.07) is 17.7. The summed E-state index contributed by atoms with van der Waals surface area (Å²) in [5, 5.41) is 4.07. The van der Waals surface area contributed by atoms with Crippen LogP contribution in [-0.2, 0) is 14.8 Å². The van der Waals surface area contributed by atoms with E-state index in [0.29, 0.717) is 0 Å². The Hall–Kier alpha value is -2.94. The predicted octanol–water partition coefficient (Wildman–Crippen LogP) is 4.48. The number of hydrogen-bond acceptors (Lipinski definition) is 4. The normalized spacial score (nSPS) is 11.5. The van der Waals surface area contributed by atoms with Crippen molar-refractivity contribution < 1.29 is 17.6 Å². The second-order valence-corrected chi connectivity index (χ2v) is 8.91. The molecule has 1 N–H and O–H groups in total. The highest BCUT2D eigenvalue weighted by molar-refractivity contribution is 7.92. The summed E-state index contributed by atoms with van der Waals surface area (Å²) >= 11 is 12.0. The van der Waals surface area contributed by atoms with Gasteiger partial charge in [0, 0.05) is 5.56 Å². The molecule has 0 saturated heterocycles. The van der Waals surface area contributed by atoms with Gasteiger partial charge in [0.15, 0.2) is 0 Å². The van der Waals surface area contributed by atoms with E-state index in [0.717, 1.165) is 10.5 Å². The van der Waals surface area contributed by atoms with Gasteiger partial charge in [-0.3, -0.25) is 9.10 Å². The minimum Gasteiger partial charge on any atom is -0.271 e. The van der Waals surface area contributed by atoms with Gasteiger partial charge < -0.3 is 0 Å². The lowest BCUT2D eigenvalue weighted by atomic mass is 10.2. The molecule has 31 heavy (non-hydrogen) atoms. The lowest BCUT2D eigenvalue weighted by Crippen LogP contribution is -2.39. The van der Waals surface area contributed by atoms with Crippen LogP contribution in [0.5, 0.6) is 0 Å². The molecule has 0 fully saturated rings. The molecule has 0 bridgehead atoms. The minimum atomic E-state index is -4.10. The van der Waals surface area contributed by atoms with Gasteiger partial charge in [-0.15, -0.1) is 0 Å². The van der Waals surface area contributed by atoms with Crippen LogP contribution in [0.1, 0.15) is 5.56 Å². The molecule has 1 amide bonds. The van der Waals surface area contributed by atoms with Gasteiger partial charge in [-0.25, -0.2) is 18.2 Å². The van der Waals surface area contributed by atoms with Crippen LogP contribution in [0.2, 0.25) is 10.0 Å². The van der Waals surface area contributed by atoms with Crippen molar-refractivity contribution in [2.24, 2.45) is 5.10 Å². The van der Waals surface area contributed by atoms with Crippen molar-refractivity contribution in [2.45, 2.75) is 4.90 Å². The molecule has 0 aliphatic heterocycles. The number of hydrogen-bond donors (Lipinski definition) is 1. The molecule has 3 aromatic carbocycles. The van der Waals surface area contributed by atoms with E-state index in [4.69, 9.17) is 23.2 Å². The standard InChI is InChI=1S/C21H16Cl2FN3O3S/c22-18-11-10-16(12-19(18)23)27(31(29,30)17-7-2-1-3-8-17)14-21(28)26-25-13-15-6-4-5-9-20(15)24/h1-13H,14H2,(H,26,28)/b25-13-. The second-order valence-electron chi connectivity index (χ2n) is 6.24. The van der Waals surface area contributed by atoms with Gasteiger partial charge in [0.25, 0.3) is 15.9 Å². The number of nitrogens with zero attached hydrogens (tertiary/aromatic N) is 2. The van der Waals surface area contributed by atoms with Crippen molar-refractivity contribution in [2.75, 3.05) is 10.8 Å². The first-order valence-electron chi connectivity index (χ1n) is 8.88. The number of halogens is 3. The van der Waals surface area contributed by atoms with Gasteiger partial charge in [0.05, 0.1) is 26.8 Å². The molecule has 3 rings (SSSR count). The molecule has 3 aromatic rings. The van der Waals surface area contributed by atoms with Crippen molar-refractivity contribution in [1.29, 1.82) is 0 Å². The molecule has 6 nitrogen and oxygen atoms in total. The molecule has 10 heteroatoms. The first-order chi connectivity index (χ1) is 14.8. The number of sulfonamides is 1. The monoisotopic (exact) mass is 479 g/mol. The highest BCUT2D eigenvalue weighted by Crippen LogP contribution is 2.30. The predicted molar refractivity (Wildman–Crippen MR) is 120 cm³/mol.